The van der Waals surface area contributed by atoms with Crippen molar-refractivity contribution in [1.29, 1.82) is 0 Å². The van der Waals surface area contributed by atoms with E-state index in [1.807, 2.05) is 44.2 Å². The summed E-state index contributed by atoms with van der Waals surface area (Å²) in [5, 5.41) is 2.75. The monoisotopic (exact) mass is 393 g/mol. The molecule has 0 fully saturated rings. The number of hydrogen-bond acceptors (Lipinski definition) is 2. The number of nitrogens with one attached hydrogen (secondary N) is 1. The van der Waals surface area contributed by atoms with Crippen LogP contribution in [0.5, 0.6) is 0 Å². The second-order valence-electron chi connectivity index (χ2n) is 6.79. The number of anilines is 1. The molecule has 5 nitrogen and oxygen atoms in total. The lowest BCUT2D eigenvalue weighted by Gasteiger charge is -2.09. The normalized spacial score (nSPS) is 11.2. The van der Waals surface area contributed by atoms with Crippen LogP contribution in [0.2, 0.25) is 0 Å². The van der Waals surface area contributed by atoms with Gasteiger partial charge in [0.25, 0.3) is 0 Å². The second-order valence-corrected chi connectivity index (χ2v) is 6.79. The van der Waals surface area contributed by atoms with E-state index in [0.29, 0.717) is 11.4 Å². The van der Waals surface area contributed by atoms with Gasteiger partial charge in [-0.3, -0.25) is 0 Å². The number of hydrogen-bond donors (Lipinski definition) is 1. The van der Waals surface area contributed by atoms with E-state index in [-0.39, 0.29) is 11.3 Å². The maximum Gasteiger partial charge on any atom is 0.362 e. The molecule has 0 atom stereocenters. The number of benzene rings is 2. The van der Waals surface area contributed by atoms with Gasteiger partial charge in [-0.2, -0.15) is 0 Å². The van der Waals surface area contributed by atoms with E-state index in [1.165, 1.54) is 18.3 Å². The van der Waals surface area contributed by atoms with E-state index >= 15 is 0 Å². The zero-order valence-corrected chi connectivity index (χ0v) is 15.9. The van der Waals surface area contributed by atoms with Gasteiger partial charge >= 0.3 is 18.1 Å². The smallest absolute Gasteiger partial charge is 0.305 e. The SMILES string of the molecule is Cc1ccc(NC(=O)n2ccc3nc(-c4ccccc4)cc(C(F)F)[n+]32)cc1C. The predicted molar refractivity (Wildman–Crippen MR) is 106 cm³/mol. The van der Waals surface area contributed by atoms with Crippen molar-refractivity contribution in [3.63, 3.8) is 0 Å². The molecule has 1 N–H and O–H groups in total. The fraction of sp³-hybridized carbons (Fsp3) is 0.136. The zero-order chi connectivity index (χ0) is 20.5. The largest absolute Gasteiger partial charge is 0.362 e. The summed E-state index contributed by atoms with van der Waals surface area (Å²) in [6, 6.07) is 16.9. The highest BCUT2D eigenvalue weighted by molar-refractivity contribution is 5.90. The van der Waals surface area contributed by atoms with Gasteiger partial charge in [0.15, 0.2) is 5.69 Å². The van der Waals surface area contributed by atoms with Crippen molar-refractivity contribution in [2.45, 2.75) is 20.3 Å². The Morgan fingerprint density at radius 1 is 1.03 bits per heavy atom. The molecule has 0 unspecified atom stereocenters. The molecule has 0 aliphatic carbocycles. The van der Waals surface area contributed by atoms with Crippen molar-refractivity contribution in [3.8, 4) is 11.3 Å². The number of nitrogens with zero attached hydrogens (tertiary/aromatic N) is 3. The maximum atomic E-state index is 13.8. The van der Waals surface area contributed by atoms with Gasteiger partial charge in [-0.25, -0.2) is 13.6 Å². The van der Waals surface area contributed by atoms with Crippen molar-refractivity contribution in [2.75, 3.05) is 5.32 Å². The molecule has 29 heavy (non-hydrogen) atoms. The van der Waals surface area contributed by atoms with Crippen LogP contribution in [-0.4, -0.2) is 15.7 Å². The molecule has 0 radical (unpaired) electrons. The Balaban J connectivity index is 1.77. The van der Waals surface area contributed by atoms with Gasteiger partial charge in [0.05, 0.1) is 12.3 Å². The van der Waals surface area contributed by atoms with Crippen LogP contribution in [-0.2, 0) is 0 Å². The molecular weight excluding hydrogens is 374 g/mol. The summed E-state index contributed by atoms with van der Waals surface area (Å²) in [6.45, 7) is 3.91. The molecule has 7 heteroatoms. The summed E-state index contributed by atoms with van der Waals surface area (Å²) in [5.74, 6) is 0. The Kier molecular flexibility index (Phi) is 4.80. The predicted octanol–water partition coefficient (Wildman–Crippen LogP) is 4.92. The third-order valence-corrected chi connectivity index (χ3v) is 4.82. The molecule has 0 saturated carbocycles. The maximum absolute atomic E-state index is 13.8. The molecule has 0 bridgehead atoms. The third kappa shape index (κ3) is 3.59. The Labute approximate surface area is 166 Å². The number of rotatable bonds is 3. The fourth-order valence-corrected chi connectivity index (χ4v) is 3.15. The van der Waals surface area contributed by atoms with Crippen molar-refractivity contribution in [3.05, 3.63) is 83.7 Å². The van der Waals surface area contributed by atoms with Crippen LogP contribution in [0.4, 0.5) is 19.3 Å². The molecule has 1 amide bonds. The summed E-state index contributed by atoms with van der Waals surface area (Å²) >= 11 is 0. The number of carbonyl (C=O) groups excluding carboxylic acids is 1. The van der Waals surface area contributed by atoms with Gasteiger partial charge in [0.2, 0.25) is 5.69 Å². The van der Waals surface area contributed by atoms with E-state index < -0.39 is 12.5 Å². The Bertz CT molecular complexity index is 1200. The average molecular weight is 393 g/mol. The number of alkyl halides is 2. The van der Waals surface area contributed by atoms with Crippen molar-refractivity contribution in [2.24, 2.45) is 0 Å². The van der Waals surface area contributed by atoms with Crippen molar-refractivity contribution >= 4 is 17.4 Å². The lowest BCUT2D eigenvalue weighted by Crippen LogP contribution is -2.43. The highest BCUT2D eigenvalue weighted by atomic mass is 19.3. The van der Waals surface area contributed by atoms with Crippen LogP contribution in [0.25, 0.3) is 16.9 Å². The number of carbonyl (C=O) groups is 1. The lowest BCUT2D eigenvalue weighted by atomic mass is 10.1. The van der Waals surface area contributed by atoms with E-state index in [9.17, 15) is 13.6 Å². The zero-order valence-electron chi connectivity index (χ0n) is 15.9. The van der Waals surface area contributed by atoms with Crippen LogP contribution in [0, 0.1) is 13.8 Å². The molecule has 0 saturated heterocycles. The van der Waals surface area contributed by atoms with Gasteiger partial charge in [-0.15, -0.1) is 9.20 Å². The number of aromatic nitrogens is 3. The quantitative estimate of drug-likeness (QED) is 0.502. The van der Waals surface area contributed by atoms with Crippen LogP contribution in [0.3, 0.4) is 0 Å². The third-order valence-electron chi connectivity index (χ3n) is 4.82. The van der Waals surface area contributed by atoms with Gasteiger partial charge < -0.3 is 5.32 Å². The van der Waals surface area contributed by atoms with Crippen LogP contribution in [0.1, 0.15) is 23.2 Å². The Morgan fingerprint density at radius 3 is 2.48 bits per heavy atom. The van der Waals surface area contributed by atoms with Gasteiger partial charge in [-0.1, -0.05) is 36.4 Å². The summed E-state index contributed by atoms with van der Waals surface area (Å²) in [4.78, 5) is 17.2. The molecule has 0 aliphatic rings. The summed E-state index contributed by atoms with van der Waals surface area (Å²) in [6.07, 6.45) is -1.35. The van der Waals surface area contributed by atoms with Gasteiger partial charge in [0, 0.05) is 17.3 Å². The molecule has 4 rings (SSSR count). The van der Waals surface area contributed by atoms with Gasteiger partial charge in [0.1, 0.15) is 0 Å². The first-order valence-corrected chi connectivity index (χ1v) is 9.10. The van der Waals surface area contributed by atoms with Crippen LogP contribution < -0.4 is 9.83 Å². The van der Waals surface area contributed by atoms with E-state index in [1.54, 1.807) is 18.2 Å². The Hall–Kier alpha value is -3.61. The van der Waals surface area contributed by atoms with Gasteiger partial charge in [-0.05, 0) is 42.1 Å². The van der Waals surface area contributed by atoms with Crippen molar-refractivity contribution in [1.82, 2.24) is 9.67 Å². The number of amides is 1. The minimum atomic E-state index is -2.78. The molecular formula is C22H19F2N4O+. The van der Waals surface area contributed by atoms with Crippen LogP contribution in [0.15, 0.2) is 66.9 Å². The molecule has 4 aromatic rings. The average Bonchev–Trinajstić information content (AvgIpc) is 3.15. The topological polar surface area (TPSA) is 51.0 Å². The molecule has 0 aliphatic heterocycles. The highest BCUT2D eigenvalue weighted by Crippen LogP contribution is 2.23. The number of aryl methyl sites for hydroxylation is 2. The Morgan fingerprint density at radius 2 is 1.79 bits per heavy atom. The first-order valence-electron chi connectivity index (χ1n) is 9.10. The van der Waals surface area contributed by atoms with E-state index in [2.05, 4.69) is 10.3 Å². The van der Waals surface area contributed by atoms with Crippen LogP contribution >= 0.6 is 0 Å². The molecule has 2 aromatic heterocycles. The summed E-state index contributed by atoms with van der Waals surface area (Å²) < 4.78 is 29.9. The fourth-order valence-electron chi connectivity index (χ4n) is 3.15. The molecule has 2 aromatic carbocycles. The minimum absolute atomic E-state index is 0.261. The number of fused-ring (bicyclic) bond motifs is 1. The van der Waals surface area contributed by atoms with E-state index in [4.69, 9.17) is 0 Å². The second kappa shape index (κ2) is 7.43. The van der Waals surface area contributed by atoms with Crippen molar-refractivity contribution < 1.29 is 18.1 Å². The molecule has 0 spiro atoms. The number of halogens is 2. The minimum Gasteiger partial charge on any atom is -0.305 e. The molecule has 146 valence electrons. The standard InChI is InChI=1S/C22H18F2N4O/c1-14-8-9-17(12-15(14)2)25-22(29)27-11-10-20-26-18(16-6-4-3-5-7-16)13-19(21(23)24)28(20)27/h3-13,21H,1-2H3/p+1. The first kappa shape index (κ1) is 18.7. The molecule has 2 heterocycles. The lowest BCUT2D eigenvalue weighted by molar-refractivity contribution is -0.611. The summed E-state index contributed by atoms with van der Waals surface area (Å²) in [7, 11) is 0. The highest BCUT2D eigenvalue weighted by Gasteiger charge is 2.27. The van der Waals surface area contributed by atoms with E-state index in [0.717, 1.165) is 25.9 Å². The summed E-state index contributed by atoms with van der Waals surface area (Å²) in [5.41, 5.74) is 3.81. The first-order chi connectivity index (χ1) is 13.9.